The van der Waals surface area contributed by atoms with E-state index in [-0.39, 0.29) is 0 Å². The topological polar surface area (TPSA) is 30.5 Å². The van der Waals surface area contributed by atoms with Gasteiger partial charge in [0, 0.05) is 17.5 Å². The Morgan fingerprint density at radius 3 is 2.60 bits per heavy atom. The predicted molar refractivity (Wildman–Crippen MR) is 86.4 cm³/mol. The van der Waals surface area contributed by atoms with Crippen LogP contribution >= 0.6 is 23.5 Å². The first-order valence-corrected chi connectivity index (χ1v) is 9.52. The van der Waals surface area contributed by atoms with Crippen LogP contribution in [-0.2, 0) is 6.54 Å². The fourth-order valence-corrected chi connectivity index (χ4v) is 4.32. The molecule has 3 nitrogen and oxygen atoms in total. The molecule has 0 saturated carbocycles. The Hall–Kier alpha value is -0.520. The van der Waals surface area contributed by atoms with Crippen LogP contribution in [0.2, 0.25) is 0 Å². The predicted octanol–water partition coefficient (Wildman–Crippen LogP) is 3.16. The van der Waals surface area contributed by atoms with Gasteiger partial charge < -0.3 is 14.8 Å². The van der Waals surface area contributed by atoms with E-state index in [4.69, 9.17) is 9.47 Å². The zero-order valence-corrected chi connectivity index (χ0v) is 13.4. The van der Waals surface area contributed by atoms with Gasteiger partial charge in [0.15, 0.2) is 11.5 Å². The van der Waals surface area contributed by atoms with Gasteiger partial charge >= 0.3 is 0 Å². The molecule has 0 aliphatic carbocycles. The van der Waals surface area contributed by atoms with Crippen LogP contribution in [0, 0.1) is 0 Å². The van der Waals surface area contributed by atoms with Crippen molar-refractivity contribution in [1.82, 2.24) is 5.32 Å². The van der Waals surface area contributed by atoms with E-state index >= 15 is 0 Å². The van der Waals surface area contributed by atoms with Crippen molar-refractivity contribution in [1.29, 1.82) is 0 Å². The summed E-state index contributed by atoms with van der Waals surface area (Å²) in [7, 11) is 0. The molecule has 3 rings (SSSR count). The maximum absolute atomic E-state index is 5.69. The Balaban J connectivity index is 1.70. The van der Waals surface area contributed by atoms with E-state index in [1.54, 1.807) is 11.8 Å². The highest BCUT2D eigenvalue weighted by molar-refractivity contribution is 7.99. The number of fused-ring (bicyclic) bond motifs is 1. The van der Waals surface area contributed by atoms with Crippen LogP contribution in [-0.4, -0.2) is 37.0 Å². The minimum Gasteiger partial charge on any atom is -0.486 e. The van der Waals surface area contributed by atoms with Crippen molar-refractivity contribution >= 4 is 23.5 Å². The van der Waals surface area contributed by atoms with Gasteiger partial charge in [-0.2, -0.15) is 11.8 Å². The lowest BCUT2D eigenvalue weighted by atomic mass is 10.1. The van der Waals surface area contributed by atoms with Crippen LogP contribution in [0.15, 0.2) is 17.0 Å². The second-order valence-electron chi connectivity index (χ2n) is 5.08. The standard InChI is InChI=1S/C15H21NO2S2/c1-19-15-9-14-13(17-4-5-18-14)8-11(15)10-16-12-2-6-20-7-3-12/h8-9,12,16H,2-7,10H2,1H3. The lowest BCUT2D eigenvalue weighted by Gasteiger charge is -2.24. The molecule has 1 aromatic carbocycles. The molecule has 0 atom stereocenters. The van der Waals surface area contributed by atoms with E-state index < -0.39 is 0 Å². The molecule has 1 N–H and O–H groups in total. The summed E-state index contributed by atoms with van der Waals surface area (Å²) in [5.41, 5.74) is 1.32. The zero-order chi connectivity index (χ0) is 13.8. The minimum absolute atomic E-state index is 0.651. The summed E-state index contributed by atoms with van der Waals surface area (Å²) in [4.78, 5) is 1.28. The Bertz CT molecular complexity index is 461. The number of benzene rings is 1. The van der Waals surface area contributed by atoms with Gasteiger partial charge in [0.1, 0.15) is 13.2 Å². The molecule has 1 fully saturated rings. The van der Waals surface area contributed by atoms with Crippen molar-refractivity contribution in [3.05, 3.63) is 17.7 Å². The van der Waals surface area contributed by atoms with E-state index in [1.807, 2.05) is 0 Å². The summed E-state index contributed by atoms with van der Waals surface area (Å²) in [6, 6.07) is 4.93. The van der Waals surface area contributed by atoms with Crippen molar-refractivity contribution in [2.45, 2.75) is 30.3 Å². The van der Waals surface area contributed by atoms with Gasteiger partial charge in [0.25, 0.3) is 0 Å². The molecule has 0 bridgehead atoms. The van der Waals surface area contributed by atoms with Gasteiger partial charge in [0.05, 0.1) is 0 Å². The third-order valence-electron chi connectivity index (χ3n) is 3.75. The first-order valence-electron chi connectivity index (χ1n) is 7.14. The third kappa shape index (κ3) is 3.38. The van der Waals surface area contributed by atoms with Crippen LogP contribution in [0.4, 0.5) is 0 Å². The average Bonchev–Trinajstić information content (AvgIpc) is 2.53. The molecular formula is C15H21NO2S2. The van der Waals surface area contributed by atoms with Gasteiger partial charge in [-0.3, -0.25) is 0 Å². The highest BCUT2D eigenvalue weighted by Crippen LogP contribution is 2.36. The van der Waals surface area contributed by atoms with Crippen molar-refractivity contribution in [2.24, 2.45) is 0 Å². The molecule has 5 heteroatoms. The number of thioether (sulfide) groups is 2. The average molecular weight is 311 g/mol. The van der Waals surface area contributed by atoms with E-state index in [0.717, 1.165) is 18.0 Å². The van der Waals surface area contributed by atoms with Crippen LogP contribution < -0.4 is 14.8 Å². The van der Waals surface area contributed by atoms with Crippen molar-refractivity contribution in [3.8, 4) is 11.5 Å². The van der Waals surface area contributed by atoms with Crippen LogP contribution in [0.3, 0.4) is 0 Å². The Kier molecular flexibility index (Phi) is 5.02. The molecule has 0 spiro atoms. The van der Waals surface area contributed by atoms with Gasteiger partial charge in [-0.25, -0.2) is 0 Å². The number of ether oxygens (including phenoxy) is 2. The molecule has 20 heavy (non-hydrogen) atoms. The van der Waals surface area contributed by atoms with E-state index in [2.05, 4.69) is 35.5 Å². The molecule has 1 saturated heterocycles. The quantitative estimate of drug-likeness (QED) is 0.863. The third-order valence-corrected chi connectivity index (χ3v) is 5.62. The largest absolute Gasteiger partial charge is 0.486 e. The Morgan fingerprint density at radius 2 is 1.90 bits per heavy atom. The smallest absolute Gasteiger partial charge is 0.162 e. The summed E-state index contributed by atoms with van der Waals surface area (Å²) in [6.45, 7) is 2.22. The summed E-state index contributed by atoms with van der Waals surface area (Å²) in [6.07, 6.45) is 4.68. The number of hydrogen-bond donors (Lipinski definition) is 1. The second-order valence-corrected chi connectivity index (χ2v) is 7.15. The van der Waals surface area contributed by atoms with Crippen LogP contribution in [0.25, 0.3) is 0 Å². The van der Waals surface area contributed by atoms with Gasteiger partial charge in [0.2, 0.25) is 0 Å². The molecule has 110 valence electrons. The molecule has 0 radical (unpaired) electrons. The summed E-state index contributed by atoms with van der Waals surface area (Å²) < 4.78 is 11.3. The molecule has 2 aliphatic heterocycles. The molecule has 1 aromatic rings. The summed E-state index contributed by atoms with van der Waals surface area (Å²) >= 11 is 3.84. The molecule has 2 heterocycles. The molecular weight excluding hydrogens is 290 g/mol. The number of hydrogen-bond acceptors (Lipinski definition) is 5. The molecule has 2 aliphatic rings. The van der Waals surface area contributed by atoms with E-state index in [9.17, 15) is 0 Å². The summed E-state index contributed by atoms with van der Waals surface area (Å²) in [5, 5.41) is 3.70. The number of rotatable bonds is 4. The van der Waals surface area contributed by atoms with E-state index in [1.165, 1.54) is 34.8 Å². The molecule has 0 aromatic heterocycles. The van der Waals surface area contributed by atoms with Crippen molar-refractivity contribution < 1.29 is 9.47 Å². The molecule has 0 amide bonds. The number of nitrogens with one attached hydrogen (secondary N) is 1. The lowest BCUT2D eigenvalue weighted by Crippen LogP contribution is -2.32. The first-order chi connectivity index (χ1) is 9.86. The van der Waals surface area contributed by atoms with E-state index in [0.29, 0.717) is 19.3 Å². The van der Waals surface area contributed by atoms with Crippen LogP contribution in [0.5, 0.6) is 11.5 Å². The zero-order valence-electron chi connectivity index (χ0n) is 11.8. The normalized spacial score (nSPS) is 19.1. The summed E-state index contributed by atoms with van der Waals surface area (Å²) in [5.74, 6) is 4.35. The highest BCUT2D eigenvalue weighted by atomic mass is 32.2. The minimum atomic E-state index is 0.651. The monoisotopic (exact) mass is 311 g/mol. The Labute approximate surface area is 129 Å². The molecule has 0 unspecified atom stereocenters. The first kappa shape index (κ1) is 14.4. The highest BCUT2D eigenvalue weighted by Gasteiger charge is 2.17. The van der Waals surface area contributed by atoms with Crippen LogP contribution in [0.1, 0.15) is 18.4 Å². The van der Waals surface area contributed by atoms with Crippen molar-refractivity contribution in [3.63, 3.8) is 0 Å². The fourth-order valence-electron chi connectivity index (χ4n) is 2.60. The maximum Gasteiger partial charge on any atom is 0.162 e. The lowest BCUT2D eigenvalue weighted by molar-refractivity contribution is 0.171. The van der Waals surface area contributed by atoms with Gasteiger partial charge in [-0.1, -0.05) is 0 Å². The maximum atomic E-state index is 5.69. The second kappa shape index (κ2) is 6.96. The Morgan fingerprint density at radius 1 is 1.20 bits per heavy atom. The van der Waals surface area contributed by atoms with Crippen molar-refractivity contribution in [2.75, 3.05) is 31.0 Å². The SMILES string of the molecule is CSc1cc2c(cc1CNC1CCSCC1)OCCO2. The van der Waals surface area contributed by atoms with Gasteiger partial charge in [-0.15, -0.1) is 11.8 Å². The fraction of sp³-hybridized carbons (Fsp3) is 0.600. The van der Waals surface area contributed by atoms with Gasteiger partial charge in [-0.05, 0) is 48.3 Å².